The van der Waals surface area contributed by atoms with Gasteiger partial charge in [-0.25, -0.2) is 47.0 Å². The van der Waals surface area contributed by atoms with Gasteiger partial charge in [-0.05, 0) is 0 Å². The predicted octanol–water partition coefficient (Wildman–Crippen LogP) is -1.03. The van der Waals surface area contributed by atoms with Gasteiger partial charge in [0, 0.05) is 14.1 Å². The monoisotopic (exact) mass is 395 g/mol. The number of rotatable bonds is 3. The van der Waals surface area contributed by atoms with Crippen molar-refractivity contribution in [1.29, 1.82) is 0 Å². The van der Waals surface area contributed by atoms with Gasteiger partial charge in [-0.3, -0.25) is 0 Å². The van der Waals surface area contributed by atoms with Crippen LogP contribution in [0.2, 0.25) is 5.15 Å². The van der Waals surface area contributed by atoms with Gasteiger partial charge >= 0.3 is 0 Å². The highest BCUT2D eigenvalue weighted by Gasteiger charge is 2.10. The van der Waals surface area contributed by atoms with Gasteiger partial charge in [-0.15, -0.1) is 0 Å². The number of sulfonamides is 2. The van der Waals surface area contributed by atoms with Gasteiger partial charge in [0.1, 0.15) is 11.0 Å². The zero-order valence-electron chi connectivity index (χ0n) is 12.5. The van der Waals surface area contributed by atoms with E-state index in [2.05, 4.69) is 19.9 Å². The number of halogens is 1. The lowest BCUT2D eigenvalue weighted by atomic mass is 10.6. The number of aromatic nitrogens is 4. The van der Waals surface area contributed by atoms with E-state index in [0.29, 0.717) is 5.82 Å². The molecular formula is C10H14ClN7O4S2. The van der Waals surface area contributed by atoms with E-state index < -0.39 is 20.0 Å². The molecule has 0 atom stereocenters. The maximum absolute atomic E-state index is 10.8. The van der Waals surface area contributed by atoms with Crippen LogP contribution in [0.4, 0.5) is 5.82 Å². The summed E-state index contributed by atoms with van der Waals surface area (Å²) < 4.78 is 42.7. The number of primary sulfonamides is 2. The van der Waals surface area contributed by atoms with Crippen molar-refractivity contribution in [2.24, 2.45) is 10.3 Å². The smallest absolute Gasteiger partial charge is 0.257 e. The standard InChI is InChI=1S/C6H10N4O2S.C4H4ClN3O2S/c1-10(2)5-3-9-6(4-8-5)13(7,11)12;5-3-1-8-4(2-7-3)11(6,9)10/h3-4H,1-2H3,(H2,7,11,12);1-2H,(H2,6,9,10). The maximum atomic E-state index is 10.8. The molecule has 0 bridgehead atoms. The lowest BCUT2D eigenvalue weighted by molar-refractivity contribution is 0.591. The third kappa shape index (κ3) is 6.29. The zero-order valence-corrected chi connectivity index (χ0v) is 14.9. The molecule has 0 amide bonds. The minimum Gasteiger partial charge on any atom is -0.361 e. The molecule has 0 saturated heterocycles. The summed E-state index contributed by atoms with van der Waals surface area (Å²) in [5.74, 6) is 0.576. The molecule has 2 aromatic rings. The summed E-state index contributed by atoms with van der Waals surface area (Å²) in [6.45, 7) is 0. The van der Waals surface area contributed by atoms with Crippen molar-refractivity contribution in [3.63, 3.8) is 0 Å². The second-order valence-electron chi connectivity index (χ2n) is 4.37. The first-order chi connectivity index (χ1) is 10.9. The highest BCUT2D eigenvalue weighted by molar-refractivity contribution is 7.89. The van der Waals surface area contributed by atoms with Crippen LogP contribution in [0.25, 0.3) is 0 Å². The maximum Gasteiger partial charge on any atom is 0.257 e. The molecule has 132 valence electrons. The van der Waals surface area contributed by atoms with Gasteiger partial charge in [-0.1, -0.05) is 11.6 Å². The van der Waals surface area contributed by atoms with Crippen LogP contribution < -0.4 is 15.2 Å². The van der Waals surface area contributed by atoms with Crippen LogP contribution in [-0.4, -0.2) is 50.9 Å². The Morgan fingerprint density at radius 3 is 1.58 bits per heavy atom. The molecule has 0 saturated carbocycles. The first-order valence-corrected chi connectivity index (χ1v) is 9.41. The molecule has 4 N–H and O–H groups in total. The van der Waals surface area contributed by atoms with Crippen LogP contribution in [-0.2, 0) is 20.0 Å². The van der Waals surface area contributed by atoms with Crippen LogP contribution in [0.3, 0.4) is 0 Å². The molecule has 0 aliphatic carbocycles. The quantitative estimate of drug-likeness (QED) is 0.657. The van der Waals surface area contributed by atoms with Crippen molar-refractivity contribution in [2.75, 3.05) is 19.0 Å². The van der Waals surface area contributed by atoms with Crippen molar-refractivity contribution in [1.82, 2.24) is 19.9 Å². The van der Waals surface area contributed by atoms with Crippen LogP contribution in [0.15, 0.2) is 34.8 Å². The van der Waals surface area contributed by atoms with Crippen LogP contribution >= 0.6 is 11.6 Å². The Bertz CT molecular complexity index is 884. The molecule has 0 radical (unpaired) electrons. The van der Waals surface area contributed by atoms with Gasteiger partial charge in [-0.2, -0.15) is 0 Å². The second kappa shape index (κ2) is 7.76. The van der Waals surface area contributed by atoms with E-state index in [1.165, 1.54) is 6.20 Å². The van der Waals surface area contributed by atoms with E-state index in [4.69, 9.17) is 21.9 Å². The van der Waals surface area contributed by atoms with E-state index in [0.717, 1.165) is 18.6 Å². The number of hydrogen-bond donors (Lipinski definition) is 2. The summed E-state index contributed by atoms with van der Waals surface area (Å²) in [6, 6.07) is 0. The van der Waals surface area contributed by atoms with Crippen LogP contribution in [0.1, 0.15) is 0 Å². The van der Waals surface area contributed by atoms with Gasteiger partial charge < -0.3 is 4.90 Å². The van der Waals surface area contributed by atoms with Gasteiger partial charge in [0.05, 0.1) is 24.8 Å². The average molecular weight is 396 g/mol. The summed E-state index contributed by atoms with van der Waals surface area (Å²) in [5.41, 5.74) is 0. The Hall–Kier alpha value is -1.93. The summed E-state index contributed by atoms with van der Waals surface area (Å²) >= 11 is 5.35. The topological polar surface area (TPSA) is 175 Å². The summed E-state index contributed by atoms with van der Waals surface area (Å²) in [5, 5.41) is 9.18. The Morgan fingerprint density at radius 2 is 1.29 bits per heavy atom. The lowest BCUT2D eigenvalue weighted by Crippen LogP contribution is -2.16. The Kier molecular flexibility index (Phi) is 6.50. The van der Waals surface area contributed by atoms with E-state index in [1.807, 2.05) is 0 Å². The predicted molar refractivity (Wildman–Crippen MR) is 86.1 cm³/mol. The summed E-state index contributed by atoms with van der Waals surface area (Å²) in [4.78, 5) is 16.1. The zero-order chi connectivity index (χ0) is 18.5. The molecular weight excluding hydrogens is 382 g/mol. The summed E-state index contributed by atoms with van der Waals surface area (Å²) in [7, 11) is -3.93. The van der Waals surface area contributed by atoms with Crippen LogP contribution in [0, 0.1) is 0 Å². The number of nitrogens with zero attached hydrogens (tertiary/aromatic N) is 5. The Morgan fingerprint density at radius 1 is 0.833 bits per heavy atom. The lowest BCUT2D eigenvalue weighted by Gasteiger charge is -2.09. The van der Waals surface area contributed by atoms with Crippen LogP contribution in [0.5, 0.6) is 0 Å². The second-order valence-corrected chi connectivity index (χ2v) is 7.78. The average Bonchev–Trinajstić information content (AvgIpc) is 2.46. The minimum atomic E-state index is -3.75. The van der Waals surface area contributed by atoms with E-state index >= 15 is 0 Å². The molecule has 0 aliphatic heterocycles. The minimum absolute atomic E-state index is 0.123. The van der Waals surface area contributed by atoms with E-state index in [9.17, 15) is 16.8 Å². The van der Waals surface area contributed by atoms with Crippen molar-refractivity contribution in [3.8, 4) is 0 Å². The van der Waals surface area contributed by atoms with Crippen molar-refractivity contribution >= 4 is 37.5 Å². The SMILES string of the molecule is CN(C)c1cnc(S(N)(=O)=O)cn1.NS(=O)(=O)c1cnc(Cl)cn1. The summed E-state index contributed by atoms with van der Waals surface area (Å²) in [6.07, 6.45) is 4.59. The molecule has 2 rings (SSSR count). The van der Waals surface area contributed by atoms with E-state index in [-0.39, 0.29) is 15.2 Å². The van der Waals surface area contributed by atoms with Crippen molar-refractivity contribution in [3.05, 3.63) is 29.9 Å². The molecule has 0 fully saturated rings. The third-order valence-electron chi connectivity index (χ3n) is 2.25. The molecule has 0 spiro atoms. The normalized spacial score (nSPS) is 11.4. The molecule has 0 aromatic carbocycles. The highest BCUT2D eigenvalue weighted by atomic mass is 35.5. The largest absolute Gasteiger partial charge is 0.361 e. The molecule has 14 heteroatoms. The molecule has 11 nitrogen and oxygen atoms in total. The van der Waals surface area contributed by atoms with Gasteiger partial charge in [0.25, 0.3) is 20.0 Å². The fourth-order valence-corrected chi connectivity index (χ4v) is 2.03. The fourth-order valence-electron chi connectivity index (χ4n) is 1.13. The van der Waals surface area contributed by atoms with Crippen molar-refractivity contribution in [2.45, 2.75) is 10.1 Å². The molecule has 24 heavy (non-hydrogen) atoms. The Balaban J connectivity index is 0.000000243. The highest BCUT2D eigenvalue weighted by Crippen LogP contribution is 2.06. The Labute approximate surface area is 143 Å². The molecule has 0 aliphatic rings. The first kappa shape index (κ1) is 20.1. The van der Waals surface area contributed by atoms with Gasteiger partial charge in [0.15, 0.2) is 10.1 Å². The molecule has 0 unspecified atom stereocenters. The van der Waals surface area contributed by atoms with Gasteiger partial charge in [0.2, 0.25) is 0 Å². The molecule has 2 heterocycles. The first-order valence-electron chi connectivity index (χ1n) is 5.94. The number of nitrogens with two attached hydrogens (primary N) is 2. The number of hydrogen-bond acceptors (Lipinski definition) is 9. The van der Waals surface area contributed by atoms with E-state index in [1.54, 1.807) is 19.0 Å². The number of anilines is 1. The van der Waals surface area contributed by atoms with Crippen molar-refractivity contribution < 1.29 is 16.8 Å². The molecule has 2 aromatic heterocycles. The third-order valence-corrected chi connectivity index (χ3v) is 4.04. The fraction of sp³-hybridized carbons (Fsp3) is 0.200.